The molecule has 1 aliphatic rings. The van der Waals surface area contributed by atoms with E-state index in [9.17, 15) is 0 Å². The van der Waals surface area contributed by atoms with Crippen molar-refractivity contribution in [3.8, 4) is 5.88 Å². The summed E-state index contributed by atoms with van der Waals surface area (Å²) in [6.07, 6.45) is 5.86. The van der Waals surface area contributed by atoms with Crippen LogP contribution in [0.3, 0.4) is 0 Å². The van der Waals surface area contributed by atoms with Crippen molar-refractivity contribution in [1.82, 2.24) is 9.97 Å². The lowest BCUT2D eigenvalue weighted by molar-refractivity contribution is 0.253. The van der Waals surface area contributed by atoms with Crippen LogP contribution in [0.1, 0.15) is 32.6 Å². The highest BCUT2D eigenvalue weighted by Gasteiger charge is 2.41. The topological polar surface area (TPSA) is 67.3 Å². The molecule has 5 nitrogen and oxygen atoms in total. The average molecular weight is 251 g/mol. The third-order valence-electron chi connectivity index (χ3n) is 3.30. The second kappa shape index (κ2) is 6.00. The molecule has 0 atom stereocenters. The molecule has 0 aromatic carbocycles. The minimum absolute atomic E-state index is 0.252. The summed E-state index contributed by atoms with van der Waals surface area (Å²) in [4.78, 5) is 8.47. The smallest absolute Gasteiger partial charge is 0.225 e. The average Bonchev–Trinajstić information content (AvgIpc) is 3.15. The van der Waals surface area contributed by atoms with Gasteiger partial charge in [0.1, 0.15) is 0 Å². The molecule has 0 bridgehead atoms. The second-order valence-electron chi connectivity index (χ2n) is 4.89. The van der Waals surface area contributed by atoms with Crippen molar-refractivity contribution in [3.05, 3.63) is 12.3 Å². The number of anilines is 1. The maximum atomic E-state index is 9.00. The summed E-state index contributed by atoms with van der Waals surface area (Å²) in [6, 6.07) is 1.77. The summed E-state index contributed by atoms with van der Waals surface area (Å²) in [5.74, 6) is 1.22. The van der Waals surface area contributed by atoms with Gasteiger partial charge in [0, 0.05) is 25.4 Å². The zero-order chi connectivity index (χ0) is 12.8. The molecule has 5 heteroatoms. The van der Waals surface area contributed by atoms with Crippen LogP contribution in [0.5, 0.6) is 5.88 Å². The number of nitrogens with zero attached hydrogens (tertiary/aromatic N) is 2. The lowest BCUT2D eigenvalue weighted by Gasteiger charge is -2.14. The van der Waals surface area contributed by atoms with Gasteiger partial charge in [-0.05, 0) is 31.1 Å². The van der Waals surface area contributed by atoms with Crippen molar-refractivity contribution in [2.75, 3.05) is 25.1 Å². The van der Waals surface area contributed by atoms with Crippen LogP contribution in [0.4, 0.5) is 5.95 Å². The van der Waals surface area contributed by atoms with Crippen molar-refractivity contribution >= 4 is 5.95 Å². The first-order chi connectivity index (χ1) is 8.78. The van der Waals surface area contributed by atoms with E-state index in [1.165, 1.54) is 12.8 Å². The fraction of sp³-hybridized carbons (Fsp3) is 0.692. The molecule has 0 amide bonds. The van der Waals surface area contributed by atoms with E-state index in [-0.39, 0.29) is 12.0 Å². The maximum absolute atomic E-state index is 9.00. The number of nitrogens with one attached hydrogen (secondary N) is 1. The molecular weight excluding hydrogens is 230 g/mol. The monoisotopic (exact) mass is 251 g/mol. The first-order valence-electron chi connectivity index (χ1n) is 6.58. The minimum atomic E-state index is 0.252. The Labute approximate surface area is 108 Å². The lowest BCUT2D eigenvalue weighted by Crippen LogP contribution is -2.18. The van der Waals surface area contributed by atoms with Gasteiger partial charge < -0.3 is 15.2 Å². The summed E-state index contributed by atoms with van der Waals surface area (Å²) >= 11 is 0. The summed E-state index contributed by atoms with van der Waals surface area (Å²) in [5, 5.41) is 12.2. The highest BCUT2D eigenvalue weighted by Crippen LogP contribution is 2.48. The van der Waals surface area contributed by atoms with E-state index in [1.807, 2.05) is 0 Å². The molecule has 0 saturated heterocycles. The number of aromatic nitrogens is 2. The number of aliphatic hydroxyl groups excluding tert-OH is 1. The van der Waals surface area contributed by atoms with Gasteiger partial charge >= 0.3 is 0 Å². The largest absolute Gasteiger partial charge is 0.478 e. The zero-order valence-electron chi connectivity index (χ0n) is 10.9. The number of hydrogen-bond donors (Lipinski definition) is 2. The van der Waals surface area contributed by atoms with Crippen LogP contribution < -0.4 is 10.1 Å². The Balaban J connectivity index is 1.85. The Hall–Kier alpha value is -1.36. The molecule has 2 rings (SSSR count). The van der Waals surface area contributed by atoms with Crippen LogP contribution in [0.15, 0.2) is 12.3 Å². The number of aliphatic hydroxyl groups is 1. The Kier molecular flexibility index (Phi) is 4.36. The van der Waals surface area contributed by atoms with Crippen LogP contribution in [-0.2, 0) is 0 Å². The lowest BCUT2D eigenvalue weighted by atomic mass is 10.0. The fourth-order valence-electron chi connectivity index (χ4n) is 1.91. The molecule has 1 aromatic rings. The van der Waals surface area contributed by atoms with Crippen LogP contribution in [-0.4, -0.2) is 34.8 Å². The van der Waals surface area contributed by atoms with Crippen LogP contribution in [0.2, 0.25) is 0 Å². The number of ether oxygens (including phenoxy) is 1. The van der Waals surface area contributed by atoms with Gasteiger partial charge in [0.15, 0.2) is 0 Å². The maximum Gasteiger partial charge on any atom is 0.225 e. The Morgan fingerprint density at radius 3 is 3.00 bits per heavy atom. The molecule has 1 heterocycles. The van der Waals surface area contributed by atoms with E-state index in [0.29, 0.717) is 18.4 Å². The van der Waals surface area contributed by atoms with Gasteiger partial charge in [0.2, 0.25) is 11.8 Å². The zero-order valence-corrected chi connectivity index (χ0v) is 10.9. The van der Waals surface area contributed by atoms with Crippen molar-refractivity contribution in [2.45, 2.75) is 32.6 Å². The molecule has 0 spiro atoms. The molecule has 1 saturated carbocycles. The molecular formula is C13H21N3O2. The first-order valence-corrected chi connectivity index (χ1v) is 6.58. The standard InChI is InChI=1S/C13H21N3O2/c1-2-9-18-11-3-7-14-12(16-11)15-10-13(4-5-13)6-8-17/h3,7,17H,2,4-6,8-10H2,1H3,(H,14,15,16). The minimum Gasteiger partial charge on any atom is -0.478 e. The predicted octanol–water partition coefficient (Wildman–Crippen LogP) is 1.84. The van der Waals surface area contributed by atoms with E-state index in [2.05, 4.69) is 22.2 Å². The summed E-state index contributed by atoms with van der Waals surface area (Å²) in [6.45, 7) is 3.81. The molecule has 1 fully saturated rings. The quantitative estimate of drug-likeness (QED) is 0.738. The van der Waals surface area contributed by atoms with E-state index in [0.717, 1.165) is 19.4 Å². The van der Waals surface area contributed by atoms with E-state index < -0.39 is 0 Å². The first kappa shape index (κ1) is 13.1. The van der Waals surface area contributed by atoms with Crippen LogP contribution >= 0.6 is 0 Å². The summed E-state index contributed by atoms with van der Waals surface area (Å²) in [5.41, 5.74) is 0.262. The third kappa shape index (κ3) is 3.57. The van der Waals surface area contributed by atoms with E-state index in [4.69, 9.17) is 9.84 Å². The summed E-state index contributed by atoms with van der Waals surface area (Å²) < 4.78 is 5.46. The van der Waals surface area contributed by atoms with E-state index >= 15 is 0 Å². The number of rotatable bonds is 8. The van der Waals surface area contributed by atoms with Crippen molar-refractivity contribution in [2.24, 2.45) is 5.41 Å². The van der Waals surface area contributed by atoms with Gasteiger partial charge in [-0.2, -0.15) is 4.98 Å². The Bertz CT molecular complexity index is 380. The molecule has 100 valence electrons. The van der Waals surface area contributed by atoms with Crippen LogP contribution in [0.25, 0.3) is 0 Å². The predicted molar refractivity (Wildman–Crippen MR) is 69.7 cm³/mol. The van der Waals surface area contributed by atoms with E-state index in [1.54, 1.807) is 12.3 Å². The molecule has 0 unspecified atom stereocenters. The van der Waals surface area contributed by atoms with Gasteiger partial charge in [-0.1, -0.05) is 6.92 Å². The van der Waals surface area contributed by atoms with Crippen molar-refractivity contribution < 1.29 is 9.84 Å². The third-order valence-corrected chi connectivity index (χ3v) is 3.30. The Morgan fingerprint density at radius 1 is 1.50 bits per heavy atom. The molecule has 2 N–H and O–H groups in total. The summed E-state index contributed by atoms with van der Waals surface area (Å²) in [7, 11) is 0. The molecule has 0 aliphatic heterocycles. The van der Waals surface area contributed by atoms with Gasteiger partial charge in [-0.15, -0.1) is 0 Å². The Morgan fingerprint density at radius 2 is 2.33 bits per heavy atom. The normalized spacial score (nSPS) is 16.3. The van der Waals surface area contributed by atoms with Gasteiger partial charge in [-0.25, -0.2) is 4.98 Å². The SMILES string of the molecule is CCCOc1ccnc(NCC2(CCO)CC2)n1. The molecule has 0 radical (unpaired) electrons. The molecule has 18 heavy (non-hydrogen) atoms. The second-order valence-corrected chi connectivity index (χ2v) is 4.89. The van der Waals surface area contributed by atoms with Crippen LogP contribution in [0, 0.1) is 5.41 Å². The highest BCUT2D eigenvalue weighted by atomic mass is 16.5. The molecule has 1 aliphatic carbocycles. The van der Waals surface area contributed by atoms with Crippen molar-refractivity contribution in [1.29, 1.82) is 0 Å². The fourth-order valence-corrected chi connectivity index (χ4v) is 1.91. The number of hydrogen-bond acceptors (Lipinski definition) is 5. The molecule has 1 aromatic heterocycles. The van der Waals surface area contributed by atoms with Gasteiger partial charge in [0.05, 0.1) is 6.61 Å². The van der Waals surface area contributed by atoms with Gasteiger partial charge in [-0.3, -0.25) is 0 Å². The van der Waals surface area contributed by atoms with Gasteiger partial charge in [0.25, 0.3) is 0 Å². The highest BCUT2D eigenvalue weighted by molar-refractivity contribution is 5.28. The van der Waals surface area contributed by atoms with Crippen molar-refractivity contribution in [3.63, 3.8) is 0 Å².